The lowest BCUT2D eigenvalue weighted by atomic mass is 10.0. The van der Waals surface area contributed by atoms with Crippen molar-refractivity contribution in [3.05, 3.63) is 35.4 Å². The molecule has 0 spiro atoms. The van der Waals surface area contributed by atoms with E-state index in [9.17, 15) is 18.0 Å². The average molecular weight is 343 g/mol. The number of nitrogens with one attached hydrogen (secondary N) is 1. The summed E-state index contributed by atoms with van der Waals surface area (Å²) in [6.45, 7) is 2.03. The number of hydrogen-bond donors (Lipinski definition) is 3. The molecular weight excluding hydrogens is 322 g/mol. The van der Waals surface area contributed by atoms with Crippen LogP contribution < -0.4 is 5.32 Å². The zero-order valence-corrected chi connectivity index (χ0v) is 13.7. The number of aryl methyl sites for hydroxylation is 1. The normalized spacial score (nSPS) is 12.6. The van der Waals surface area contributed by atoms with Gasteiger partial charge >= 0.3 is 5.97 Å². The van der Waals surface area contributed by atoms with Crippen molar-refractivity contribution in [2.75, 3.05) is 5.75 Å². The van der Waals surface area contributed by atoms with Crippen LogP contribution in [0.5, 0.6) is 0 Å². The molecular formula is C15H21NO6S. The van der Waals surface area contributed by atoms with Gasteiger partial charge in [0.1, 0.15) is 6.04 Å². The van der Waals surface area contributed by atoms with Gasteiger partial charge in [-0.25, -0.2) is 4.79 Å². The SMILES string of the molecule is CCCCc1ccccc1C(=O)N[C@@H](CCS(=O)(=O)O)C(=O)O. The largest absolute Gasteiger partial charge is 0.480 e. The van der Waals surface area contributed by atoms with E-state index in [1.165, 1.54) is 0 Å². The number of carboxylic acid groups (broad SMARTS) is 1. The van der Waals surface area contributed by atoms with Gasteiger partial charge in [0.25, 0.3) is 16.0 Å². The minimum Gasteiger partial charge on any atom is -0.480 e. The molecule has 0 saturated carbocycles. The molecule has 1 aromatic carbocycles. The van der Waals surface area contributed by atoms with Crippen molar-refractivity contribution in [2.24, 2.45) is 0 Å². The number of carbonyl (C=O) groups is 2. The van der Waals surface area contributed by atoms with Gasteiger partial charge < -0.3 is 10.4 Å². The smallest absolute Gasteiger partial charge is 0.326 e. The maximum Gasteiger partial charge on any atom is 0.326 e. The summed E-state index contributed by atoms with van der Waals surface area (Å²) in [6.07, 6.45) is 2.15. The van der Waals surface area contributed by atoms with E-state index < -0.39 is 40.2 Å². The van der Waals surface area contributed by atoms with E-state index in [0.717, 1.165) is 18.4 Å². The van der Waals surface area contributed by atoms with E-state index in [4.69, 9.17) is 9.66 Å². The van der Waals surface area contributed by atoms with Crippen LogP contribution in [0.3, 0.4) is 0 Å². The lowest BCUT2D eigenvalue weighted by molar-refractivity contribution is -0.139. The minimum atomic E-state index is -4.29. The van der Waals surface area contributed by atoms with Crippen LogP contribution in [0, 0.1) is 0 Å². The van der Waals surface area contributed by atoms with Gasteiger partial charge in [-0.1, -0.05) is 31.5 Å². The second-order valence-corrected chi connectivity index (χ2v) is 6.77. The molecule has 0 fully saturated rings. The molecule has 0 aromatic heterocycles. The molecule has 0 aliphatic heterocycles. The van der Waals surface area contributed by atoms with Crippen molar-refractivity contribution >= 4 is 22.0 Å². The molecule has 128 valence electrons. The highest BCUT2D eigenvalue weighted by molar-refractivity contribution is 7.85. The minimum absolute atomic E-state index is 0.374. The Hall–Kier alpha value is -1.93. The Balaban J connectivity index is 2.85. The Kier molecular flexibility index (Phi) is 7.18. The first kappa shape index (κ1) is 19.1. The van der Waals surface area contributed by atoms with E-state index in [1.807, 2.05) is 6.92 Å². The van der Waals surface area contributed by atoms with Gasteiger partial charge in [0.05, 0.1) is 5.75 Å². The van der Waals surface area contributed by atoms with E-state index in [2.05, 4.69) is 5.32 Å². The Morgan fingerprint density at radius 3 is 2.48 bits per heavy atom. The Morgan fingerprint density at radius 1 is 1.26 bits per heavy atom. The van der Waals surface area contributed by atoms with Crippen molar-refractivity contribution in [1.29, 1.82) is 0 Å². The van der Waals surface area contributed by atoms with E-state index >= 15 is 0 Å². The summed E-state index contributed by atoms with van der Waals surface area (Å²) in [5.41, 5.74) is 1.19. The molecule has 23 heavy (non-hydrogen) atoms. The molecule has 1 rings (SSSR count). The summed E-state index contributed by atoms with van der Waals surface area (Å²) in [5, 5.41) is 11.4. The summed E-state index contributed by atoms with van der Waals surface area (Å²) >= 11 is 0. The molecule has 0 aliphatic rings. The van der Waals surface area contributed by atoms with Gasteiger partial charge in [-0.05, 0) is 30.9 Å². The van der Waals surface area contributed by atoms with Crippen molar-refractivity contribution in [3.8, 4) is 0 Å². The van der Waals surface area contributed by atoms with E-state index in [0.29, 0.717) is 12.0 Å². The van der Waals surface area contributed by atoms with Crippen molar-refractivity contribution in [1.82, 2.24) is 5.32 Å². The van der Waals surface area contributed by atoms with Crippen LogP contribution >= 0.6 is 0 Å². The summed E-state index contributed by atoms with van der Waals surface area (Å²) in [4.78, 5) is 23.4. The van der Waals surface area contributed by atoms with Gasteiger partial charge in [-0.15, -0.1) is 0 Å². The lowest BCUT2D eigenvalue weighted by Crippen LogP contribution is -2.42. The molecule has 0 saturated heterocycles. The molecule has 0 radical (unpaired) electrons. The van der Waals surface area contributed by atoms with Crippen LogP contribution in [0.15, 0.2) is 24.3 Å². The molecule has 7 nitrogen and oxygen atoms in total. The highest BCUT2D eigenvalue weighted by atomic mass is 32.2. The van der Waals surface area contributed by atoms with Crippen molar-refractivity contribution < 1.29 is 27.7 Å². The van der Waals surface area contributed by atoms with Crippen LogP contribution in [0.4, 0.5) is 0 Å². The molecule has 0 unspecified atom stereocenters. The summed E-state index contributed by atoms with van der Waals surface area (Å²) < 4.78 is 30.2. The summed E-state index contributed by atoms with van der Waals surface area (Å²) in [7, 11) is -4.29. The Morgan fingerprint density at radius 2 is 1.91 bits per heavy atom. The third-order valence-electron chi connectivity index (χ3n) is 3.33. The number of unbranched alkanes of at least 4 members (excludes halogenated alkanes) is 1. The highest BCUT2D eigenvalue weighted by Gasteiger charge is 2.23. The molecule has 3 N–H and O–H groups in total. The maximum atomic E-state index is 12.3. The summed E-state index contributed by atoms with van der Waals surface area (Å²) in [6, 6.07) is 5.50. The number of hydrogen-bond acceptors (Lipinski definition) is 4. The maximum absolute atomic E-state index is 12.3. The first-order valence-electron chi connectivity index (χ1n) is 7.31. The number of aliphatic carboxylic acids is 1. The topological polar surface area (TPSA) is 121 Å². The van der Waals surface area contributed by atoms with Gasteiger partial charge in [0.15, 0.2) is 0 Å². The Bertz CT molecular complexity index is 656. The van der Waals surface area contributed by atoms with Gasteiger partial charge in [0, 0.05) is 5.56 Å². The fraction of sp³-hybridized carbons (Fsp3) is 0.467. The van der Waals surface area contributed by atoms with Crippen molar-refractivity contribution in [2.45, 2.75) is 38.6 Å². The predicted octanol–water partition coefficient (Wildman–Crippen LogP) is 1.49. The van der Waals surface area contributed by atoms with Gasteiger partial charge in [0.2, 0.25) is 0 Å². The lowest BCUT2D eigenvalue weighted by Gasteiger charge is -2.15. The van der Waals surface area contributed by atoms with E-state index in [-0.39, 0.29) is 0 Å². The standard InChI is InChI=1S/C15H21NO6S/c1-2-3-6-11-7-4-5-8-12(11)14(17)16-13(15(18)19)9-10-23(20,21)22/h4-5,7-8,13H,2-3,6,9-10H2,1H3,(H,16,17)(H,18,19)(H,20,21,22)/t13-/m0/s1. The van der Waals surface area contributed by atoms with E-state index in [1.54, 1.807) is 24.3 Å². The van der Waals surface area contributed by atoms with Gasteiger partial charge in [-0.2, -0.15) is 8.42 Å². The first-order chi connectivity index (χ1) is 10.7. The molecule has 0 heterocycles. The van der Waals surface area contributed by atoms with Crippen LogP contribution in [-0.4, -0.2) is 41.7 Å². The summed E-state index contributed by atoms with van der Waals surface area (Å²) in [5.74, 6) is -2.66. The molecule has 1 amide bonds. The zero-order valence-electron chi connectivity index (χ0n) is 12.9. The third kappa shape index (κ3) is 6.79. The number of benzene rings is 1. The molecule has 0 aliphatic carbocycles. The number of amides is 1. The second-order valence-electron chi connectivity index (χ2n) is 5.20. The fourth-order valence-corrected chi connectivity index (χ4v) is 2.62. The second kappa shape index (κ2) is 8.64. The fourth-order valence-electron chi connectivity index (χ4n) is 2.09. The van der Waals surface area contributed by atoms with Crippen LogP contribution in [0.1, 0.15) is 42.1 Å². The van der Waals surface area contributed by atoms with Crippen molar-refractivity contribution in [3.63, 3.8) is 0 Å². The zero-order chi connectivity index (χ0) is 17.5. The molecule has 1 aromatic rings. The molecule has 0 bridgehead atoms. The number of carbonyl (C=O) groups excluding carboxylic acids is 1. The molecule has 1 atom stereocenters. The van der Waals surface area contributed by atoms with Crippen LogP contribution in [-0.2, 0) is 21.3 Å². The van der Waals surface area contributed by atoms with Crippen LogP contribution in [0.2, 0.25) is 0 Å². The average Bonchev–Trinajstić information content (AvgIpc) is 2.48. The van der Waals surface area contributed by atoms with Gasteiger partial charge in [-0.3, -0.25) is 9.35 Å². The first-order valence-corrected chi connectivity index (χ1v) is 8.92. The van der Waals surface area contributed by atoms with Crippen LogP contribution in [0.25, 0.3) is 0 Å². The third-order valence-corrected chi connectivity index (χ3v) is 4.08. The quantitative estimate of drug-likeness (QED) is 0.584. The number of carboxylic acids is 1. The number of rotatable bonds is 9. The Labute approximate surface area is 135 Å². The monoisotopic (exact) mass is 343 g/mol. The predicted molar refractivity (Wildman–Crippen MR) is 85.0 cm³/mol. The molecule has 8 heteroatoms. The highest BCUT2D eigenvalue weighted by Crippen LogP contribution is 2.13.